The van der Waals surface area contributed by atoms with Crippen LogP contribution in [0.2, 0.25) is 0 Å². The Kier molecular flexibility index (Phi) is 5.66. The summed E-state index contributed by atoms with van der Waals surface area (Å²) in [5, 5.41) is 3.15. The molecule has 0 aliphatic rings. The van der Waals surface area contributed by atoms with Crippen molar-refractivity contribution >= 4 is 5.82 Å². The van der Waals surface area contributed by atoms with Gasteiger partial charge in [0.2, 0.25) is 5.75 Å². The first-order valence-electron chi connectivity index (χ1n) is 5.52. The third-order valence-corrected chi connectivity index (χ3v) is 2.00. The van der Waals surface area contributed by atoms with E-state index in [0.29, 0.717) is 30.5 Å². The quantitative estimate of drug-likeness (QED) is 0.576. The average Bonchev–Trinajstić information content (AvgIpc) is 2.36. The van der Waals surface area contributed by atoms with Crippen molar-refractivity contribution in [1.29, 1.82) is 0 Å². The minimum Gasteiger partial charge on any atom is -0.489 e. The van der Waals surface area contributed by atoms with Crippen LogP contribution in [0, 0.1) is 12.3 Å². The van der Waals surface area contributed by atoms with Crippen LogP contribution in [0.5, 0.6) is 11.6 Å². The lowest BCUT2D eigenvalue weighted by Gasteiger charge is -2.12. The van der Waals surface area contributed by atoms with Crippen molar-refractivity contribution in [2.75, 3.05) is 25.6 Å². The molecule has 0 aliphatic heterocycles. The van der Waals surface area contributed by atoms with Gasteiger partial charge in [-0.25, -0.2) is 4.98 Å². The number of nitrogens with one attached hydrogen (secondary N) is 1. The van der Waals surface area contributed by atoms with Gasteiger partial charge >= 0.3 is 0 Å². The van der Waals surface area contributed by atoms with Crippen LogP contribution in [0.1, 0.15) is 19.8 Å². The number of ether oxygens (including phenoxy) is 2. The van der Waals surface area contributed by atoms with Crippen LogP contribution in [0.3, 0.4) is 0 Å². The molecule has 1 aromatic rings. The van der Waals surface area contributed by atoms with Crippen molar-refractivity contribution in [3.63, 3.8) is 0 Å². The number of hydrogen-bond donors (Lipinski definition) is 1. The van der Waals surface area contributed by atoms with E-state index in [9.17, 15) is 0 Å². The number of nitrogens with zero attached hydrogens (tertiary/aromatic N) is 2. The van der Waals surface area contributed by atoms with Crippen LogP contribution >= 0.6 is 0 Å². The number of rotatable bonds is 7. The molecule has 1 heterocycles. The first-order valence-corrected chi connectivity index (χ1v) is 5.52. The van der Waals surface area contributed by atoms with Gasteiger partial charge < -0.3 is 14.8 Å². The van der Waals surface area contributed by atoms with Gasteiger partial charge in [-0.3, -0.25) is 0 Å². The van der Waals surface area contributed by atoms with Gasteiger partial charge in [-0.2, -0.15) is 4.98 Å². The van der Waals surface area contributed by atoms with Crippen molar-refractivity contribution < 1.29 is 9.47 Å². The standard InChI is InChI=1S/C12H17N3O2/c1-4-6-8-17-12-10(16-3)11(13-7-5-2)14-9-15-12/h1,9H,5-8H2,2-3H3,(H,13,14,15). The lowest BCUT2D eigenvalue weighted by molar-refractivity contribution is 0.289. The SMILES string of the molecule is C#CCCOc1ncnc(NCCC)c1OC. The van der Waals surface area contributed by atoms with E-state index in [-0.39, 0.29) is 0 Å². The molecule has 0 amide bonds. The van der Waals surface area contributed by atoms with Gasteiger partial charge in [0.15, 0.2) is 5.82 Å². The Bertz CT molecular complexity index is 388. The summed E-state index contributed by atoms with van der Waals surface area (Å²) in [4.78, 5) is 8.13. The molecule has 0 bridgehead atoms. The lowest BCUT2D eigenvalue weighted by atomic mass is 10.4. The molecule has 1 aromatic heterocycles. The van der Waals surface area contributed by atoms with E-state index in [1.54, 1.807) is 7.11 Å². The van der Waals surface area contributed by atoms with Crippen molar-refractivity contribution in [3.8, 4) is 24.0 Å². The van der Waals surface area contributed by atoms with Crippen LogP contribution < -0.4 is 14.8 Å². The monoisotopic (exact) mass is 235 g/mol. The summed E-state index contributed by atoms with van der Waals surface area (Å²) in [7, 11) is 1.56. The summed E-state index contributed by atoms with van der Waals surface area (Å²) in [5.41, 5.74) is 0. The maximum Gasteiger partial charge on any atom is 0.262 e. The molecule has 1 N–H and O–H groups in total. The molecule has 0 aromatic carbocycles. The Hall–Kier alpha value is -1.96. The molecule has 0 spiro atoms. The average molecular weight is 235 g/mol. The number of terminal acetylenes is 1. The van der Waals surface area contributed by atoms with E-state index < -0.39 is 0 Å². The number of aromatic nitrogens is 2. The van der Waals surface area contributed by atoms with Gasteiger partial charge in [-0.1, -0.05) is 6.92 Å². The van der Waals surface area contributed by atoms with E-state index in [0.717, 1.165) is 13.0 Å². The molecule has 17 heavy (non-hydrogen) atoms. The van der Waals surface area contributed by atoms with Crippen molar-refractivity contribution in [2.24, 2.45) is 0 Å². The third kappa shape index (κ3) is 3.83. The molecule has 5 nitrogen and oxygen atoms in total. The second-order valence-corrected chi connectivity index (χ2v) is 3.29. The Morgan fingerprint density at radius 3 is 2.94 bits per heavy atom. The van der Waals surface area contributed by atoms with Gasteiger partial charge in [0.25, 0.3) is 5.88 Å². The van der Waals surface area contributed by atoms with Crippen molar-refractivity contribution in [2.45, 2.75) is 19.8 Å². The molecule has 1 rings (SSSR count). The first kappa shape index (κ1) is 13.1. The van der Waals surface area contributed by atoms with Gasteiger partial charge in [-0.05, 0) is 6.42 Å². The molecule has 0 radical (unpaired) electrons. The van der Waals surface area contributed by atoms with E-state index in [4.69, 9.17) is 15.9 Å². The van der Waals surface area contributed by atoms with Crippen molar-refractivity contribution in [1.82, 2.24) is 9.97 Å². The van der Waals surface area contributed by atoms with Crippen LogP contribution in [0.15, 0.2) is 6.33 Å². The lowest BCUT2D eigenvalue weighted by Crippen LogP contribution is -2.07. The summed E-state index contributed by atoms with van der Waals surface area (Å²) in [5.74, 6) is 4.06. The zero-order chi connectivity index (χ0) is 12.5. The maximum atomic E-state index is 5.43. The van der Waals surface area contributed by atoms with Crippen LogP contribution in [-0.2, 0) is 0 Å². The second-order valence-electron chi connectivity index (χ2n) is 3.29. The summed E-state index contributed by atoms with van der Waals surface area (Å²) in [6.45, 7) is 3.30. The smallest absolute Gasteiger partial charge is 0.262 e. The van der Waals surface area contributed by atoms with Crippen molar-refractivity contribution in [3.05, 3.63) is 6.33 Å². The predicted molar refractivity (Wildman–Crippen MR) is 66.3 cm³/mol. The number of anilines is 1. The summed E-state index contributed by atoms with van der Waals surface area (Å²) < 4.78 is 10.7. The summed E-state index contributed by atoms with van der Waals surface area (Å²) in [6.07, 6.45) is 8.12. The van der Waals surface area contributed by atoms with Gasteiger partial charge in [0, 0.05) is 13.0 Å². The molecule has 5 heteroatoms. The zero-order valence-corrected chi connectivity index (χ0v) is 10.2. The highest BCUT2D eigenvalue weighted by molar-refractivity contribution is 5.54. The highest BCUT2D eigenvalue weighted by Gasteiger charge is 2.12. The van der Waals surface area contributed by atoms with Crippen LogP contribution in [-0.4, -0.2) is 30.2 Å². The molecule has 0 saturated heterocycles. The molecule has 0 unspecified atom stereocenters. The topological polar surface area (TPSA) is 56.3 Å². The molecular formula is C12H17N3O2. The summed E-state index contributed by atoms with van der Waals surface area (Å²) in [6, 6.07) is 0. The Morgan fingerprint density at radius 1 is 1.47 bits per heavy atom. The largest absolute Gasteiger partial charge is 0.489 e. The van der Waals surface area contributed by atoms with E-state index in [1.165, 1.54) is 6.33 Å². The zero-order valence-electron chi connectivity index (χ0n) is 10.2. The first-order chi connectivity index (χ1) is 8.33. The highest BCUT2D eigenvalue weighted by atomic mass is 16.5. The van der Waals surface area contributed by atoms with E-state index >= 15 is 0 Å². The van der Waals surface area contributed by atoms with Crippen LogP contribution in [0.4, 0.5) is 5.82 Å². The fourth-order valence-corrected chi connectivity index (χ4v) is 1.22. The Morgan fingerprint density at radius 2 is 2.29 bits per heavy atom. The molecular weight excluding hydrogens is 218 g/mol. The fraction of sp³-hybridized carbons (Fsp3) is 0.500. The number of methoxy groups -OCH3 is 1. The second kappa shape index (κ2) is 7.34. The van der Waals surface area contributed by atoms with Gasteiger partial charge in [0.05, 0.1) is 7.11 Å². The van der Waals surface area contributed by atoms with Gasteiger partial charge in [-0.15, -0.1) is 12.3 Å². The Balaban J connectivity index is 2.78. The maximum absolute atomic E-state index is 5.43. The molecule has 0 atom stereocenters. The fourth-order valence-electron chi connectivity index (χ4n) is 1.22. The van der Waals surface area contributed by atoms with E-state index in [2.05, 4.69) is 28.1 Å². The summed E-state index contributed by atoms with van der Waals surface area (Å²) >= 11 is 0. The highest BCUT2D eigenvalue weighted by Crippen LogP contribution is 2.30. The molecule has 0 saturated carbocycles. The normalized spacial score (nSPS) is 9.47. The molecule has 0 aliphatic carbocycles. The number of hydrogen-bond acceptors (Lipinski definition) is 5. The minimum atomic E-state index is 0.413. The Labute approximate surface area is 102 Å². The molecule has 0 fully saturated rings. The van der Waals surface area contributed by atoms with Gasteiger partial charge in [0.1, 0.15) is 12.9 Å². The minimum absolute atomic E-state index is 0.413. The third-order valence-electron chi connectivity index (χ3n) is 2.00. The van der Waals surface area contributed by atoms with Crippen LogP contribution in [0.25, 0.3) is 0 Å². The van der Waals surface area contributed by atoms with E-state index in [1.807, 2.05) is 0 Å². The predicted octanol–water partition coefficient (Wildman–Crippen LogP) is 1.71. The molecule has 92 valence electrons.